The third-order valence-corrected chi connectivity index (χ3v) is 8.33. The second kappa shape index (κ2) is 8.17. The van der Waals surface area contributed by atoms with E-state index in [1.54, 1.807) is 31.3 Å². The molecule has 3 aliphatic carbocycles. The quantitative estimate of drug-likeness (QED) is 0.232. The smallest absolute Gasteiger partial charge is 0.261 e. The lowest BCUT2D eigenvalue weighted by molar-refractivity contribution is -0.271. The number of nitrogens with zero attached hydrogens (tertiary/aromatic N) is 3. The third-order valence-electron chi connectivity index (χ3n) is 8.33. The number of anilines is 1. The van der Waals surface area contributed by atoms with Gasteiger partial charge in [-0.05, 0) is 72.3 Å². The molecule has 1 atom stereocenters. The maximum Gasteiger partial charge on any atom is 0.261 e. The van der Waals surface area contributed by atoms with Gasteiger partial charge in [-0.1, -0.05) is 24.3 Å². The zero-order valence-electron chi connectivity index (χ0n) is 21.4. The molecule has 3 fully saturated rings. The molecule has 196 valence electrons. The van der Waals surface area contributed by atoms with Crippen LogP contribution in [0.15, 0.2) is 65.5 Å². The van der Waals surface area contributed by atoms with Crippen molar-refractivity contribution in [3.63, 3.8) is 0 Å². The van der Waals surface area contributed by atoms with Crippen molar-refractivity contribution in [2.45, 2.75) is 43.1 Å². The van der Waals surface area contributed by atoms with E-state index in [-0.39, 0.29) is 33.3 Å². The molecule has 0 amide bonds. The Morgan fingerprint density at radius 3 is 2.32 bits per heavy atom. The second-order valence-corrected chi connectivity index (χ2v) is 11.1. The van der Waals surface area contributed by atoms with Crippen LogP contribution in [0.2, 0.25) is 0 Å². The highest BCUT2D eigenvalue weighted by molar-refractivity contribution is 5.82. The van der Waals surface area contributed by atoms with Crippen LogP contribution in [0.5, 0.6) is 0 Å². The summed E-state index contributed by atoms with van der Waals surface area (Å²) in [4.78, 5) is 17.0. The number of benzene rings is 3. The van der Waals surface area contributed by atoms with Crippen LogP contribution in [-0.4, -0.2) is 27.0 Å². The SMILES string of the molecule is CC(Nc1ccccc1[N+](C)(O)O)c1cc(F)cc2c(=O)n(C)c(C34CC(c5ccc(F)cc5)(C3)C4)nc12. The Morgan fingerprint density at radius 1 is 1.00 bits per heavy atom. The Hall–Kier alpha value is -3.66. The molecule has 7 nitrogen and oxygen atoms in total. The van der Waals surface area contributed by atoms with Gasteiger partial charge in [0.15, 0.2) is 0 Å². The molecule has 2 bridgehead atoms. The summed E-state index contributed by atoms with van der Waals surface area (Å²) < 4.78 is 29.7. The topological polar surface area (TPSA) is 87.4 Å². The standard InChI is InChI=1S/C29H29F2N4O3/c1-17(32-23-6-4-5-7-24(23)35(3,37)38)21-12-20(31)13-22-25(21)33-27(34(2)26(22)36)29-14-28(15-29,16-29)18-8-10-19(30)11-9-18/h4-13,17,32,37-38H,14-16H2,1-3H3/q+1. The molecular formula is C29H29F2N4O3+. The number of fused-ring (bicyclic) bond motifs is 1. The number of para-hydroxylation sites is 2. The minimum Gasteiger partial charge on any atom is -0.373 e. The highest BCUT2D eigenvalue weighted by Gasteiger charge is 2.70. The van der Waals surface area contributed by atoms with Crippen molar-refractivity contribution in [1.29, 1.82) is 0 Å². The van der Waals surface area contributed by atoms with E-state index in [0.29, 0.717) is 22.6 Å². The minimum absolute atomic E-state index is 0.0238. The van der Waals surface area contributed by atoms with E-state index in [9.17, 15) is 24.0 Å². The molecule has 0 aliphatic heterocycles. The molecule has 7 rings (SSSR count). The van der Waals surface area contributed by atoms with Gasteiger partial charge in [0, 0.05) is 24.1 Å². The van der Waals surface area contributed by atoms with Crippen LogP contribution in [0.4, 0.5) is 20.2 Å². The lowest BCUT2D eigenvalue weighted by Crippen LogP contribution is -2.68. The summed E-state index contributed by atoms with van der Waals surface area (Å²) in [5, 5.41) is 23.7. The summed E-state index contributed by atoms with van der Waals surface area (Å²) in [7, 11) is 2.89. The fraction of sp³-hybridized carbons (Fsp3) is 0.310. The molecule has 1 heterocycles. The summed E-state index contributed by atoms with van der Waals surface area (Å²) in [6.45, 7) is 1.81. The van der Waals surface area contributed by atoms with Gasteiger partial charge < -0.3 is 5.32 Å². The van der Waals surface area contributed by atoms with Crippen LogP contribution in [0.1, 0.15) is 49.2 Å². The molecule has 1 aromatic heterocycles. The van der Waals surface area contributed by atoms with Gasteiger partial charge in [-0.2, -0.15) is 10.4 Å². The molecule has 3 aromatic carbocycles. The van der Waals surface area contributed by atoms with Gasteiger partial charge in [0.25, 0.3) is 5.56 Å². The predicted molar refractivity (Wildman–Crippen MR) is 140 cm³/mol. The van der Waals surface area contributed by atoms with Crippen LogP contribution >= 0.6 is 0 Å². The Bertz CT molecular complexity index is 1620. The third kappa shape index (κ3) is 3.65. The second-order valence-electron chi connectivity index (χ2n) is 11.1. The van der Waals surface area contributed by atoms with Crippen molar-refractivity contribution < 1.29 is 19.2 Å². The molecule has 0 radical (unpaired) electrons. The lowest BCUT2D eigenvalue weighted by atomic mass is 9.33. The monoisotopic (exact) mass is 519 g/mol. The fourth-order valence-electron chi connectivity index (χ4n) is 6.58. The van der Waals surface area contributed by atoms with Crippen molar-refractivity contribution in [2.24, 2.45) is 7.05 Å². The first-order valence-corrected chi connectivity index (χ1v) is 12.6. The molecule has 0 saturated heterocycles. The van der Waals surface area contributed by atoms with Gasteiger partial charge in [0.2, 0.25) is 5.69 Å². The van der Waals surface area contributed by atoms with Crippen molar-refractivity contribution in [3.05, 3.63) is 99.6 Å². The van der Waals surface area contributed by atoms with Crippen molar-refractivity contribution in [3.8, 4) is 0 Å². The average molecular weight is 520 g/mol. The highest BCUT2D eigenvalue weighted by atomic mass is 19.1. The van der Waals surface area contributed by atoms with Crippen LogP contribution in [0, 0.1) is 11.6 Å². The summed E-state index contributed by atoms with van der Waals surface area (Å²) in [6, 6.07) is 15.4. The Labute approximate surface area is 218 Å². The first-order valence-electron chi connectivity index (χ1n) is 12.6. The molecule has 3 saturated carbocycles. The molecule has 0 spiro atoms. The maximum atomic E-state index is 14.7. The summed E-state index contributed by atoms with van der Waals surface area (Å²) in [5.41, 5.74) is 2.10. The number of halogens is 2. The van der Waals surface area contributed by atoms with Gasteiger partial charge in [-0.3, -0.25) is 9.36 Å². The number of aromatic nitrogens is 2. The van der Waals surface area contributed by atoms with E-state index in [2.05, 4.69) is 5.32 Å². The molecule has 3 aliphatic rings. The molecular weight excluding hydrogens is 490 g/mol. The van der Waals surface area contributed by atoms with Gasteiger partial charge in [0.05, 0.1) is 16.9 Å². The van der Waals surface area contributed by atoms with Crippen LogP contribution < -0.4 is 15.7 Å². The summed E-state index contributed by atoms with van der Waals surface area (Å²) >= 11 is 0. The Morgan fingerprint density at radius 2 is 1.66 bits per heavy atom. The Balaban J connectivity index is 1.39. The van der Waals surface area contributed by atoms with Gasteiger partial charge in [0.1, 0.15) is 30.2 Å². The van der Waals surface area contributed by atoms with Crippen LogP contribution in [-0.2, 0) is 17.9 Å². The molecule has 4 aromatic rings. The van der Waals surface area contributed by atoms with Gasteiger partial charge in [-0.15, -0.1) is 0 Å². The van der Waals surface area contributed by atoms with E-state index in [1.165, 1.54) is 35.9 Å². The van der Waals surface area contributed by atoms with E-state index < -0.39 is 16.7 Å². The fourth-order valence-corrected chi connectivity index (χ4v) is 6.58. The largest absolute Gasteiger partial charge is 0.373 e. The van der Waals surface area contributed by atoms with Crippen molar-refractivity contribution >= 4 is 22.3 Å². The van der Waals surface area contributed by atoms with Crippen LogP contribution in [0.3, 0.4) is 0 Å². The zero-order valence-corrected chi connectivity index (χ0v) is 21.4. The highest BCUT2D eigenvalue weighted by Crippen LogP contribution is 2.73. The summed E-state index contributed by atoms with van der Waals surface area (Å²) in [5.74, 6) is -0.137. The van der Waals surface area contributed by atoms with Crippen molar-refractivity contribution in [1.82, 2.24) is 14.4 Å². The van der Waals surface area contributed by atoms with Crippen molar-refractivity contribution in [2.75, 3.05) is 12.4 Å². The Kier molecular flexibility index (Phi) is 5.30. The average Bonchev–Trinajstić information content (AvgIpc) is 2.81. The van der Waals surface area contributed by atoms with E-state index in [1.807, 2.05) is 19.1 Å². The number of quaternary nitrogens is 1. The predicted octanol–water partition coefficient (Wildman–Crippen LogP) is 5.47. The van der Waals surface area contributed by atoms with Gasteiger partial charge in [-0.25, -0.2) is 13.8 Å². The number of hydrogen-bond donors (Lipinski definition) is 3. The molecule has 3 N–H and O–H groups in total. The maximum absolute atomic E-state index is 14.7. The summed E-state index contributed by atoms with van der Waals surface area (Å²) in [6.07, 6.45) is 2.45. The molecule has 38 heavy (non-hydrogen) atoms. The molecule has 9 heteroatoms. The first-order chi connectivity index (χ1) is 17.9. The number of hydrogen-bond acceptors (Lipinski definition) is 5. The lowest BCUT2D eigenvalue weighted by Gasteiger charge is -2.70. The van der Waals surface area contributed by atoms with Gasteiger partial charge >= 0.3 is 0 Å². The van der Waals surface area contributed by atoms with E-state index in [4.69, 9.17) is 4.98 Å². The minimum atomic E-state index is -1.37. The molecule has 1 unspecified atom stereocenters. The van der Waals surface area contributed by atoms with E-state index >= 15 is 0 Å². The first kappa shape index (κ1) is 24.7. The normalized spacial score (nSPS) is 23.0. The van der Waals surface area contributed by atoms with E-state index in [0.717, 1.165) is 24.8 Å². The van der Waals surface area contributed by atoms with Crippen LogP contribution in [0.25, 0.3) is 10.9 Å². The number of hydroxylamine groups is 2. The number of rotatable bonds is 6. The number of nitrogens with one attached hydrogen (secondary N) is 1. The zero-order chi connectivity index (χ0) is 27.0.